The summed E-state index contributed by atoms with van der Waals surface area (Å²) < 4.78 is 13.4. The van der Waals surface area contributed by atoms with E-state index in [9.17, 15) is 14.4 Å². The van der Waals surface area contributed by atoms with Gasteiger partial charge in [0.05, 0.1) is 0 Å². The van der Waals surface area contributed by atoms with E-state index >= 15 is 0 Å². The minimum absolute atomic E-state index is 0.210. The van der Waals surface area contributed by atoms with Crippen LogP contribution in [0.1, 0.15) is 30.6 Å². The molecule has 11 heteroatoms. The molecule has 0 bridgehead atoms. The summed E-state index contributed by atoms with van der Waals surface area (Å²) in [4.78, 5) is 39.2. The number of thioether (sulfide) groups is 1. The summed E-state index contributed by atoms with van der Waals surface area (Å²) in [6.07, 6.45) is 0.443. The number of rotatable bonds is 10. The van der Waals surface area contributed by atoms with Gasteiger partial charge in [-0.1, -0.05) is 0 Å². The molecule has 9 nitrogen and oxygen atoms in total. The fourth-order valence-electron chi connectivity index (χ4n) is 2.35. The van der Waals surface area contributed by atoms with Gasteiger partial charge in [0.2, 0.25) is 0 Å². The Balaban J connectivity index is 2.18. The third kappa shape index (κ3) is 6.94. The van der Waals surface area contributed by atoms with Gasteiger partial charge < -0.3 is 0 Å². The van der Waals surface area contributed by atoms with Gasteiger partial charge in [-0.25, -0.2) is 0 Å². The third-order valence-corrected chi connectivity index (χ3v) is 9.47. The molecule has 0 spiro atoms. The fourth-order valence-corrected chi connectivity index (χ4v) is 8.18. The SMILES string of the molecule is CCOC(=O)[C@@H](CS/C(=C\I1OC(=O)c2ccccc21)CCN=[N+]=[N-])NC(C)=O. The van der Waals surface area contributed by atoms with E-state index in [0.29, 0.717) is 12.0 Å². The molecule has 0 radical (unpaired) electrons. The summed E-state index contributed by atoms with van der Waals surface area (Å²) in [5, 5.41) is 6.15. The van der Waals surface area contributed by atoms with Crippen molar-refractivity contribution in [2.45, 2.75) is 26.3 Å². The summed E-state index contributed by atoms with van der Waals surface area (Å²) in [6, 6.07) is 6.47. The van der Waals surface area contributed by atoms with Gasteiger partial charge in [-0.15, -0.1) is 0 Å². The summed E-state index contributed by atoms with van der Waals surface area (Å²) in [5.41, 5.74) is 9.12. The number of halogens is 1. The molecular formula is C18H21IN4O5S. The van der Waals surface area contributed by atoms with Crippen molar-refractivity contribution in [2.24, 2.45) is 5.11 Å². The Morgan fingerprint density at radius 3 is 2.90 bits per heavy atom. The van der Waals surface area contributed by atoms with Crippen LogP contribution in [-0.4, -0.2) is 42.8 Å². The molecule has 1 aromatic carbocycles. The van der Waals surface area contributed by atoms with Crippen molar-refractivity contribution in [1.29, 1.82) is 0 Å². The van der Waals surface area contributed by atoms with Crippen LogP contribution < -0.4 is 5.32 Å². The predicted molar refractivity (Wildman–Crippen MR) is 118 cm³/mol. The van der Waals surface area contributed by atoms with Crippen LogP contribution in [0.2, 0.25) is 0 Å². The molecular weight excluding hydrogens is 511 g/mol. The van der Waals surface area contributed by atoms with Crippen LogP contribution in [0.3, 0.4) is 0 Å². The van der Waals surface area contributed by atoms with E-state index in [1.807, 2.05) is 16.2 Å². The number of azide groups is 1. The third-order valence-electron chi connectivity index (χ3n) is 3.57. The number of hydrogen-bond acceptors (Lipinski definition) is 7. The molecule has 1 heterocycles. The molecule has 1 aromatic rings. The number of carbonyl (C=O) groups is 3. The van der Waals surface area contributed by atoms with Crippen molar-refractivity contribution < 1.29 is 22.2 Å². The Kier molecular flexibility index (Phi) is 9.29. The molecule has 156 valence electrons. The Labute approximate surface area is 180 Å². The van der Waals surface area contributed by atoms with E-state index in [2.05, 4.69) is 15.3 Å². The first-order valence-corrected chi connectivity index (χ1v) is 12.9. The van der Waals surface area contributed by atoms with Gasteiger partial charge in [0.25, 0.3) is 0 Å². The zero-order valence-corrected chi connectivity index (χ0v) is 18.9. The number of nitrogens with one attached hydrogen (secondary N) is 1. The van der Waals surface area contributed by atoms with Gasteiger partial charge in [0, 0.05) is 0 Å². The number of nitrogens with zero attached hydrogens (tertiary/aromatic N) is 3. The molecule has 0 aliphatic carbocycles. The summed E-state index contributed by atoms with van der Waals surface area (Å²) in [5.74, 6) is -0.928. The van der Waals surface area contributed by atoms with Crippen LogP contribution in [0.5, 0.6) is 0 Å². The Hall–Kier alpha value is -2.24. The van der Waals surface area contributed by atoms with Gasteiger partial charge in [-0.3, -0.25) is 0 Å². The van der Waals surface area contributed by atoms with Crippen molar-refractivity contribution in [2.75, 3.05) is 18.9 Å². The molecule has 0 saturated heterocycles. The van der Waals surface area contributed by atoms with E-state index in [4.69, 9.17) is 13.3 Å². The number of amides is 1. The average molecular weight is 532 g/mol. The molecule has 0 fully saturated rings. The molecule has 1 amide bonds. The van der Waals surface area contributed by atoms with Crippen LogP contribution in [0.25, 0.3) is 10.4 Å². The molecule has 1 atom stereocenters. The Morgan fingerprint density at radius 1 is 1.45 bits per heavy atom. The summed E-state index contributed by atoms with van der Waals surface area (Å²) >= 11 is -1.000. The van der Waals surface area contributed by atoms with Crippen LogP contribution in [0.4, 0.5) is 0 Å². The monoisotopic (exact) mass is 532 g/mol. The molecule has 29 heavy (non-hydrogen) atoms. The quantitative estimate of drug-likeness (QED) is 0.160. The summed E-state index contributed by atoms with van der Waals surface area (Å²) in [7, 11) is 0. The minimum atomic E-state index is -2.35. The molecule has 0 aromatic heterocycles. The van der Waals surface area contributed by atoms with Gasteiger partial charge in [0.15, 0.2) is 0 Å². The fraction of sp³-hybridized carbons (Fsp3) is 0.389. The van der Waals surface area contributed by atoms with E-state index in [0.717, 1.165) is 8.48 Å². The van der Waals surface area contributed by atoms with Crippen LogP contribution >= 0.6 is 32.0 Å². The Bertz CT molecular complexity index is 856. The number of hydrogen-bond donors (Lipinski definition) is 1. The van der Waals surface area contributed by atoms with Gasteiger partial charge in [-0.05, 0) is 0 Å². The molecule has 2 rings (SSSR count). The molecule has 0 saturated carbocycles. The van der Waals surface area contributed by atoms with Crippen molar-refractivity contribution in [1.82, 2.24) is 5.32 Å². The molecule has 0 unspecified atom stereocenters. The topological polar surface area (TPSA) is 130 Å². The van der Waals surface area contributed by atoms with Crippen LogP contribution in [-0.2, 0) is 17.4 Å². The molecule has 1 aliphatic rings. The van der Waals surface area contributed by atoms with Crippen molar-refractivity contribution >= 4 is 49.8 Å². The number of benzene rings is 1. The second-order valence-electron chi connectivity index (χ2n) is 5.72. The van der Waals surface area contributed by atoms with Gasteiger partial charge in [-0.2, -0.15) is 0 Å². The summed E-state index contributed by atoms with van der Waals surface area (Å²) in [6.45, 7) is 3.47. The van der Waals surface area contributed by atoms with Crippen LogP contribution in [0, 0.1) is 3.57 Å². The van der Waals surface area contributed by atoms with Gasteiger partial charge in [0.1, 0.15) is 0 Å². The van der Waals surface area contributed by atoms with Crippen LogP contribution in [0.15, 0.2) is 38.4 Å². The second-order valence-corrected chi connectivity index (χ2v) is 10.7. The van der Waals surface area contributed by atoms with E-state index in [-0.39, 0.29) is 30.8 Å². The number of carbonyl (C=O) groups excluding carboxylic acids is 3. The van der Waals surface area contributed by atoms with Crippen molar-refractivity contribution in [3.8, 4) is 0 Å². The van der Waals surface area contributed by atoms with E-state index in [1.165, 1.54) is 18.7 Å². The maximum atomic E-state index is 12.1. The zero-order chi connectivity index (χ0) is 21.2. The Morgan fingerprint density at radius 2 is 2.21 bits per heavy atom. The average Bonchev–Trinajstić information content (AvgIpc) is 3.00. The van der Waals surface area contributed by atoms with Crippen molar-refractivity contribution in [3.63, 3.8) is 0 Å². The first kappa shape index (κ1) is 23.0. The normalized spacial score (nSPS) is 15.0. The first-order chi connectivity index (χ1) is 14.0. The second kappa shape index (κ2) is 11.7. The number of esters is 1. The standard InChI is InChI=1S/C18H21IN4O5S/c1-3-27-18(26)16(22-12(2)24)11-29-13(8-9-21-23-20)10-19-15-7-5-4-6-14(15)17(25)28-19/h4-7,10,16H,3,8-9,11H2,1-2H3,(H,22,24)/b13-10-/t16-/m1/s1. The van der Waals surface area contributed by atoms with Crippen molar-refractivity contribution in [3.05, 3.63) is 52.8 Å². The van der Waals surface area contributed by atoms with E-state index in [1.54, 1.807) is 19.1 Å². The molecule has 1 N–H and O–H groups in total. The predicted octanol–water partition coefficient (Wildman–Crippen LogP) is 3.79. The number of ether oxygens (including phenoxy) is 1. The number of fused-ring (bicyclic) bond motifs is 1. The zero-order valence-electron chi connectivity index (χ0n) is 16.0. The maximum absolute atomic E-state index is 12.1. The van der Waals surface area contributed by atoms with E-state index < -0.39 is 32.2 Å². The first-order valence-electron chi connectivity index (χ1n) is 8.74. The van der Waals surface area contributed by atoms with Gasteiger partial charge >= 0.3 is 181 Å². The molecule has 1 aliphatic heterocycles.